The highest BCUT2D eigenvalue weighted by Crippen LogP contribution is 2.68. The number of pyridine rings is 2. The average Bonchev–Trinajstić information content (AvgIpc) is 3.63. The van der Waals surface area contributed by atoms with Gasteiger partial charge in [-0.05, 0) is 88.4 Å². The molecule has 4 atom stereocenters. The second-order valence-corrected chi connectivity index (χ2v) is 18.3. The number of imidazole rings is 2. The third-order valence-electron chi connectivity index (χ3n) is 14.0. The largest absolute Gasteiger partial charge is 0.486 e. The number of ether oxygens (including phenoxy) is 2. The van der Waals surface area contributed by atoms with Crippen molar-refractivity contribution in [1.82, 2.24) is 38.0 Å². The minimum Gasteiger partial charge on any atom is -0.486 e. The lowest BCUT2D eigenvalue weighted by atomic mass is 9.92. The molecule has 4 aromatic heterocycles. The fourth-order valence-electron chi connectivity index (χ4n) is 10.5. The predicted molar refractivity (Wildman–Crippen MR) is 249 cm³/mol. The van der Waals surface area contributed by atoms with Gasteiger partial charge in [0, 0.05) is 75.6 Å². The SMILES string of the molecule is C.C.Cc1cn(-c2ccc3n(c2=O)CCN(C[C@@]24C[C@]2(C)Oc2ccc(F)cc24)C3=O)cn1.Cc1cn(-c2ccc3n(c2=O)CCN(C[C@]24C[C@@]2(C)Oc2ccc(F)cc24)C3=O)cn1.O=C(F)F.O=C(F)F. The van der Waals surface area contributed by atoms with Crippen LogP contribution in [0.25, 0.3) is 11.4 Å². The average molecular weight is 1000 g/mol. The van der Waals surface area contributed by atoms with Gasteiger partial charge in [-0.1, -0.05) is 14.9 Å². The molecular formula is C50H50F6N8O8. The second kappa shape index (κ2) is 18.8. The van der Waals surface area contributed by atoms with Crippen molar-refractivity contribution in [3.8, 4) is 22.9 Å². The molecule has 12 rings (SSSR count). The van der Waals surface area contributed by atoms with E-state index in [4.69, 9.17) is 19.1 Å². The van der Waals surface area contributed by atoms with Crippen LogP contribution >= 0.6 is 0 Å². The number of carbonyl (C=O) groups excluding carboxylic acids is 4. The van der Waals surface area contributed by atoms with Gasteiger partial charge in [-0.15, -0.1) is 17.6 Å². The molecule has 2 saturated carbocycles. The first-order valence-electron chi connectivity index (χ1n) is 21.9. The van der Waals surface area contributed by atoms with Crippen LogP contribution in [0.2, 0.25) is 0 Å². The van der Waals surface area contributed by atoms with E-state index in [2.05, 4.69) is 9.97 Å². The van der Waals surface area contributed by atoms with E-state index in [-0.39, 0.29) is 49.4 Å². The first-order chi connectivity index (χ1) is 33.1. The number of aromatic nitrogens is 6. The first kappa shape index (κ1) is 52.1. The van der Waals surface area contributed by atoms with Gasteiger partial charge in [-0.3, -0.25) is 19.2 Å². The number of benzene rings is 2. The lowest BCUT2D eigenvalue weighted by Crippen LogP contribution is -2.48. The summed E-state index contributed by atoms with van der Waals surface area (Å²) in [6.07, 6.45) is 2.58. The van der Waals surface area contributed by atoms with Crippen molar-refractivity contribution in [3.63, 3.8) is 0 Å². The van der Waals surface area contributed by atoms with Gasteiger partial charge in [0.05, 0.1) is 34.9 Å². The molecule has 0 N–H and O–H groups in total. The summed E-state index contributed by atoms with van der Waals surface area (Å²) in [6.45, 7) is 10.3. The van der Waals surface area contributed by atoms with E-state index in [1.165, 1.54) is 33.4 Å². The highest BCUT2D eigenvalue weighted by molar-refractivity contribution is 5.94. The van der Waals surface area contributed by atoms with E-state index in [1.807, 2.05) is 27.7 Å². The Morgan fingerprint density at radius 1 is 0.583 bits per heavy atom. The molecule has 4 aliphatic heterocycles. The van der Waals surface area contributed by atoms with Crippen molar-refractivity contribution < 1.29 is 55.0 Å². The van der Waals surface area contributed by atoms with Gasteiger partial charge in [-0.2, -0.15) is 0 Å². The lowest BCUT2D eigenvalue weighted by Gasteiger charge is -2.32. The van der Waals surface area contributed by atoms with E-state index in [9.17, 15) is 45.5 Å². The van der Waals surface area contributed by atoms with Crippen LogP contribution in [-0.4, -0.2) is 99.8 Å². The van der Waals surface area contributed by atoms with Gasteiger partial charge in [0.15, 0.2) is 0 Å². The number of nitrogens with zero attached hydrogens (tertiary/aromatic N) is 8. The lowest BCUT2D eigenvalue weighted by molar-refractivity contribution is 0.0658. The zero-order valence-corrected chi connectivity index (χ0v) is 37.9. The van der Waals surface area contributed by atoms with Gasteiger partial charge in [0.2, 0.25) is 0 Å². The maximum atomic E-state index is 13.9. The van der Waals surface area contributed by atoms with E-state index >= 15 is 0 Å². The third kappa shape index (κ3) is 8.86. The minimum absolute atomic E-state index is 0. The van der Waals surface area contributed by atoms with Crippen LogP contribution in [-0.2, 0) is 23.9 Å². The zero-order valence-electron chi connectivity index (χ0n) is 37.9. The van der Waals surface area contributed by atoms with Crippen LogP contribution in [0.15, 0.2) is 95.3 Å². The minimum atomic E-state index is -2.83. The van der Waals surface area contributed by atoms with Crippen LogP contribution in [0.3, 0.4) is 0 Å². The molecule has 16 nitrogen and oxygen atoms in total. The van der Waals surface area contributed by atoms with Crippen molar-refractivity contribution in [2.45, 2.75) is 90.5 Å². The van der Waals surface area contributed by atoms with Crippen molar-refractivity contribution >= 4 is 24.4 Å². The maximum Gasteiger partial charge on any atom is 0.483 e. The molecule has 6 aromatic rings. The highest BCUT2D eigenvalue weighted by Gasteiger charge is 2.74. The molecule has 6 aliphatic rings. The number of hydrogen-bond acceptors (Lipinski definition) is 10. The van der Waals surface area contributed by atoms with Gasteiger partial charge >= 0.3 is 12.6 Å². The third-order valence-corrected chi connectivity index (χ3v) is 14.0. The van der Waals surface area contributed by atoms with Gasteiger partial charge in [-0.25, -0.2) is 28.3 Å². The summed E-state index contributed by atoms with van der Waals surface area (Å²) in [5.74, 6) is 0.396. The summed E-state index contributed by atoms with van der Waals surface area (Å²) in [7, 11) is 0. The molecule has 380 valence electrons. The number of hydrogen-bond donors (Lipinski definition) is 0. The molecule has 0 unspecified atom stereocenters. The molecule has 0 saturated heterocycles. The molecule has 0 spiro atoms. The van der Waals surface area contributed by atoms with Crippen LogP contribution in [0.4, 0.5) is 35.9 Å². The predicted octanol–water partition coefficient (Wildman–Crippen LogP) is 8.22. The molecule has 22 heteroatoms. The fourth-order valence-corrected chi connectivity index (χ4v) is 10.5. The zero-order chi connectivity index (χ0) is 50.2. The van der Waals surface area contributed by atoms with Gasteiger partial charge in [0.25, 0.3) is 22.9 Å². The fraction of sp³-hybridized carbons (Fsp3) is 0.360. The summed E-state index contributed by atoms with van der Waals surface area (Å²) >= 11 is 0. The maximum absolute atomic E-state index is 13.9. The summed E-state index contributed by atoms with van der Waals surface area (Å²) in [5.41, 5.74) is 2.86. The van der Waals surface area contributed by atoms with Crippen LogP contribution in [0, 0.1) is 25.5 Å². The number of carbonyl (C=O) groups is 4. The van der Waals surface area contributed by atoms with Crippen LogP contribution < -0.4 is 20.6 Å². The Bertz CT molecular complexity index is 3080. The molecule has 2 amide bonds. The molecular weight excluding hydrogens is 955 g/mol. The summed E-state index contributed by atoms with van der Waals surface area (Å²) < 4.78 is 85.3. The molecule has 2 aliphatic carbocycles. The van der Waals surface area contributed by atoms with Crippen molar-refractivity contribution in [3.05, 3.63) is 152 Å². The summed E-state index contributed by atoms with van der Waals surface area (Å²) in [5, 5.41) is 0. The molecule has 0 bridgehead atoms. The van der Waals surface area contributed by atoms with Crippen LogP contribution in [0.5, 0.6) is 11.5 Å². The van der Waals surface area contributed by atoms with Crippen molar-refractivity contribution in [2.24, 2.45) is 0 Å². The number of halogens is 6. The number of rotatable bonds is 6. The number of aryl methyl sites for hydroxylation is 2. The number of fused-ring (bicyclic) bond motifs is 8. The Hall–Kier alpha value is -7.78. The molecule has 0 radical (unpaired) electrons. The van der Waals surface area contributed by atoms with Crippen molar-refractivity contribution in [1.29, 1.82) is 0 Å². The van der Waals surface area contributed by atoms with E-state index < -0.39 is 34.6 Å². The van der Waals surface area contributed by atoms with Gasteiger partial charge in [0.1, 0.15) is 57.1 Å². The normalized spacial score (nSPS) is 22.8. The molecule has 2 fully saturated rings. The summed E-state index contributed by atoms with van der Waals surface area (Å²) in [4.78, 5) is 80.7. The quantitative estimate of drug-likeness (QED) is 0.117. The summed E-state index contributed by atoms with van der Waals surface area (Å²) in [6, 6.07) is 15.9. The second-order valence-electron chi connectivity index (χ2n) is 18.3. The molecule has 2 aromatic carbocycles. The standard InChI is InChI=1S/2C23H21FN4O3.2CF2O.2CH4/c2*1-14-10-27(13-25-14)17-4-5-18-20(29)26(7-8-28(18)21(17)30)12-23-11-22(23,2)31-19-6-3-15(24)9-16(19)23;2*2-1(3)4;;/h2*3-6,9-10,13H,7-8,11-12H2,1-2H3;;;2*1H4/t2*22-,23+;;;;/m10..../s1. The Kier molecular flexibility index (Phi) is 13.6. The van der Waals surface area contributed by atoms with E-state index in [0.717, 1.165) is 35.4 Å². The smallest absolute Gasteiger partial charge is 0.483 e. The number of amides is 2. The Morgan fingerprint density at radius 3 is 1.28 bits per heavy atom. The Labute approximate surface area is 408 Å². The Balaban J connectivity index is 0.000000180. The highest BCUT2D eigenvalue weighted by atomic mass is 19.3. The van der Waals surface area contributed by atoms with E-state index in [1.54, 1.807) is 80.4 Å². The van der Waals surface area contributed by atoms with Gasteiger partial charge < -0.3 is 37.5 Å². The monoisotopic (exact) mass is 1000 g/mol. The van der Waals surface area contributed by atoms with Crippen molar-refractivity contribution in [2.75, 3.05) is 26.2 Å². The molecule has 72 heavy (non-hydrogen) atoms. The molecule has 8 heterocycles. The van der Waals surface area contributed by atoms with Crippen LogP contribution in [0.1, 0.15) is 85.0 Å². The topological polar surface area (TPSA) is 173 Å². The Morgan fingerprint density at radius 2 is 0.944 bits per heavy atom. The van der Waals surface area contributed by atoms with E-state index in [0.29, 0.717) is 73.5 Å². The first-order valence-corrected chi connectivity index (χ1v) is 21.9.